The lowest BCUT2D eigenvalue weighted by Gasteiger charge is -2.13. The fraction of sp³-hybridized carbons (Fsp3) is 0.290. The molecule has 0 aliphatic rings. The molecule has 0 fully saturated rings. The number of amides is 1. The summed E-state index contributed by atoms with van der Waals surface area (Å²) in [6.45, 7) is 5.83. The van der Waals surface area contributed by atoms with E-state index in [1.54, 1.807) is 0 Å². The molecule has 192 valence electrons. The van der Waals surface area contributed by atoms with Gasteiger partial charge in [0, 0.05) is 18.0 Å². The molecule has 0 spiro atoms. The molecule has 1 aromatic heterocycles. The van der Waals surface area contributed by atoms with Crippen LogP contribution in [0.4, 0.5) is 0 Å². The standard InChI is InChI=1S/C31H34ClN3O2/c1-2-10-25-11-5-8-14-29(25)37-22-21-35-28-13-7-6-12-27(28)34-30(35)15-4-3-9-20-33-31(36)23-24-16-18-26(32)19-17-24/h2,5-8,11-14,16-19H,1,3-4,9-10,15,20-23H2,(H,33,36). The minimum Gasteiger partial charge on any atom is -0.491 e. The van der Waals surface area contributed by atoms with E-state index < -0.39 is 0 Å². The molecule has 0 aliphatic carbocycles. The first-order valence-corrected chi connectivity index (χ1v) is 13.3. The van der Waals surface area contributed by atoms with E-state index >= 15 is 0 Å². The highest BCUT2D eigenvalue weighted by molar-refractivity contribution is 6.30. The number of nitrogens with one attached hydrogen (secondary N) is 1. The number of unbranched alkanes of at least 4 members (excludes halogenated alkanes) is 2. The van der Waals surface area contributed by atoms with Crippen molar-refractivity contribution in [1.82, 2.24) is 14.9 Å². The van der Waals surface area contributed by atoms with Crippen molar-refractivity contribution in [3.05, 3.63) is 107 Å². The van der Waals surface area contributed by atoms with E-state index in [4.69, 9.17) is 21.3 Å². The minimum absolute atomic E-state index is 0.0405. The minimum atomic E-state index is 0.0405. The van der Waals surface area contributed by atoms with E-state index in [2.05, 4.69) is 40.7 Å². The van der Waals surface area contributed by atoms with Crippen molar-refractivity contribution in [3.8, 4) is 5.75 Å². The molecule has 37 heavy (non-hydrogen) atoms. The van der Waals surface area contributed by atoms with E-state index in [1.807, 2.05) is 54.6 Å². The summed E-state index contributed by atoms with van der Waals surface area (Å²) in [6, 6.07) is 23.8. The third-order valence-electron chi connectivity index (χ3n) is 6.32. The van der Waals surface area contributed by atoms with Crippen molar-refractivity contribution in [1.29, 1.82) is 0 Å². The third kappa shape index (κ3) is 7.70. The third-order valence-corrected chi connectivity index (χ3v) is 6.57. The zero-order chi connectivity index (χ0) is 25.9. The number of allylic oxidation sites excluding steroid dienone is 1. The number of halogens is 1. The molecule has 1 amide bonds. The first-order chi connectivity index (χ1) is 18.1. The van der Waals surface area contributed by atoms with Gasteiger partial charge in [0.15, 0.2) is 0 Å². The predicted octanol–water partition coefficient (Wildman–Crippen LogP) is 6.57. The van der Waals surface area contributed by atoms with Crippen LogP contribution in [0.25, 0.3) is 11.0 Å². The number of carbonyl (C=O) groups excluding carboxylic acids is 1. The summed E-state index contributed by atoms with van der Waals surface area (Å²) < 4.78 is 8.43. The molecular formula is C31H34ClN3O2. The topological polar surface area (TPSA) is 56.1 Å². The Morgan fingerprint density at radius 3 is 2.62 bits per heavy atom. The van der Waals surface area contributed by atoms with Crippen LogP contribution in [0.3, 0.4) is 0 Å². The van der Waals surface area contributed by atoms with Gasteiger partial charge in [0.2, 0.25) is 5.91 Å². The van der Waals surface area contributed by atoms with Gasteiger partial charge in [-0.3, -0.25) is 4.79 Å². The number of hydrogen-bond acceptors (Lipinski definition) is 3. The highest BCUT2D eigenvalue weighted by atomic mass is 35.5. The Bertz CT molecular complexity index is 1310. The predicted molar refractivity (Wildman–Crippen MR) is 151 cm³/mol. The maximum Gasteiger partial charge on any atom is 0.224 e. The second-order valence-corrected chi connectivity index (χ2v) is 9.52. The Balaban J connectivity index is 1.25. The van der Waals surface area contributed by atoms with Crippen LogP contribution in [0.1, 0.15) is 36.2 Å². The fourth-order valence-corrected chi connectivity index (χ4v) is 4.57. The van der Waals surface area contributed by atoms with Crippen LogP contribution in [0.2, 0.25) is 5.02 Å². The Kier molecular flexibility index (Phi) is 9.78. The van der Waals surface area contributed by atoms with Crippen LogP contribution in [0, 0.1) is 0 Å². The number of rotatable bonds is 14. The van der Waals surface area contributed by atoms with Gasteiger partial charge in [-0.1, -0.05) is 66.6 Å². The number of carbonyl (C=O) groups is 1. The van der Waals surface area contributed by atoms with E-state index in [1.165, 1.54) is 0 Å². The first-order valence-electron chi connectivity index (χ1n) is 12.9. The monoisotopic (exact) mass is 515 g/mol. The number of imidazole rings is 1. The summed E-state index contributed by atoms with van der Waals surface area (Å²) in [6.07, 6.45) is 6.93. The number of aryl methyl sites for hydroxylation is 1. The molecule has 1 N–H and O–H groups in total. The molecular weight excluding hydrogens is 482 g/mol. The molecule has 0 aliphatic heterocycles. The number of nitrogens with zero attached hydrogens (tertiary/aromatic N) is 2. The molecule has 6 heteroatoms. The summed E-state index contributed by atoms with van der Waals surface area (Å²) >= 11 is 5.91. The summed E-state index contributed by atoms with van der Waals surface area (Å²) in [5.41, 5.74) is 4.26. The van der Waals surface area contributed by atoms with Gasteiger partial charge in [-0.25, -0.2) is 4.98 Å². The number of hydrogen-bond donors (Lipinski definition) is 1. The zero-order valence-corrected chi connectivity index (χ0v) is 21.9. The van der Waals surface area contributed by atoms with Gasteiger partial charge in [0.25, 0.3) is 0 Å². The molecule has 4 rings (SSSR count). The summed E-state index contributed by atoms with van der Waals surface area (Å²) in [5.74, 6) is 2.03. The number of fused-ring (bicyclic) bond motifs is 1. The van der Waals surface area contributed by atoms with Gasteiger partial charge in [-0.15, -0.1) is 6.58 Å². The Labute approximate surface area is 224 Å². The van der Waals surface area contributed by atoms with E-state index in [-0.39, 0.29) is 5.91 Å². The Morgan fingerprint density at radius 1 is 1.00 bits per heavy atom. The van der Waals surface area contributed by atoms with Crippen LogP contribution >= 0.6 is 11.6 Å². The van der Waals surface area contributed by atoms with Crippen molar-refractivity contribution >= 4 is 28.5 Å². The highest BCUT2D eigenvalue weighted by Gasteiger charge is 2.11. The van der Waals surface area contributed by atoms with E-state index in [0.717, 1.165) is 72.4 Å². The quantitative estimate of drug-likeness (QED) is 0.153. The number of ether oxygens (including phenoxy) is 1. The highest BCUT2D eigenvalue weighted by Crippen LogP contribution is 2.21. The lowest BCUT2D eigenvalue weighted by Crippen LogP contribution is -2.26. The Hall–Kier alpha value is -3.57. The maximum atomic E-state index is 12.2. The molecule has 0 bridgehead atoms. The lowest BCUT2D eigenvalue weighted by atomic mass is 10.1. The first kappa shape index (κ1) is 26.5. The number of benzene rings is 3. The molecule has 1 heterocycles. The smallest absolute Gasteiger partial charge is 0.224 e. The van der Waals surface area contributed by atoms with Crippen LogP contribution in [0.5, 0.6) is 5.75 Å². The molecule has 5 nitrogen and oxygen atoms in total. The average Bonchev–Trinajstić information content (AvgIpc) is 3.26. The van der Waals surface area contributed by atoms with Crippen molar-refractivity contribution in [2.45, 2.75) is 45.1 Å². The molecule has 0 saturated carbocycles. The Morgan fingerprint density at radius 2 is 1.78 bits per heavy atom. The largest absolute Gasteiger partial charge is 0.491 e. The average molecular weight is 516 g/mol. The summed E-state index contributed by atoms with van der Waals surface area (Å²) in [4.78, 5) is 17.1. The molecule has 0 unspecified atom stereocenters. The molecule has 0 radical (unpaired) electrons. The van der Waals surface area contributed by atoms with Crippen LogP contribution < -0.4 is 10.1 Å². The van der Waals surface area contributed by atoms with Gasteiger partial charge in [0.05, 0.1) is 24.0 Å². The molecule has 4 aromatic rings. The molecule has 0 saturated heterocycles. The van der Waals surface area contributed by atoms with Crippen LogP contribution in [-0.2, 0) is 30.6 Å². The second-order valence-electron chi connectivity index (χ2n) is 9.08. The summed E-state index contributed by atoms with van der Waals surface area (Å²) in [7, 11) is 0. The van der Waals surface area contributed by atoms with Gasteiger partial charge in [-0.05, 0) is 60.7 Å². The normalized spacial score (nSPS) is 10.9. The molecule has 0 atom stereocenters. The van der Waals surface area contributed by atoms with Crippen LogP contribution in [0.15, 0.2) is 85.5 Å². The van der Waals surface area contributed by atoms with Crippen LogP contribution in [-0.4, -0.2) is 28.6 Å². The lowest BCUT2D eigenvalue weighted by molar-refractivity contribution is -0.120. The molecule has 3 aromatic carbocycles. The van der Waals surface area contributed by atoms with Gasteiger partial charge >= 0.3 is 0 Å². The zero-order valence-electron chi connectivity index (χ0n) is 21.2. The fourth-order valence-electron chi connectivity index (χ4n) is 4.44. The van der Waals surface area contributed by atoms with E-state index in [9.17, 15) is 4.79 Å². The van der Waals surface area contributed by atoms with Gasteiger partial charge in [-0.2, -0.15) is 0 Å². The SMILES string of the molecule is C=CCc1ccccc1OCCn1c(CCCCCNC(=O)Cc2ccc(Cl)cc2)nc2ccccc21. The van der Waals surface area contributed by atoms with Crippen molar-refractivity contribution < 1.29 is 9.53 Å². The van der Waals surface area contributed by atoms with Crippen molar-refractivity contribution in [3.63, 3.8) is 0 Å². The van der Waals surface area contributed by atoms with Crippen molar-refractivity contribution in [2.24, 2.45) is 0 Å². The van der Waals surface area contributed by atoms with Crippen molar-refractivity contribution in [2.75, 3.05) is 13.2 Å². The second kappa shape index (κ2) is 13.7. The van der Waals surface area contributed by atoms with E-state index in [0.29, 0.717) is 24.6 Å². The number of aromatic nitrogens is 2. The summed E-state index contributed by atoms with van der Waals surface area (Å²) in [5, 5.41) is 3.70. The van der Waals surface area contributed by atoms with Gasteiger partial charge < -0.3 is 14.6 Å². The number of para-hydroxylation sites is 3. The maximum absolute atomic E-state index is 12.2. The van der Waals surface area contributed by atoms with Gasteiger partial charge in [0.1, 0.15) is 18.2 Å².